The van der Waals surface area contributed by atoms with Gasteiger partial charge in [-0.25, -0.2) is 4.98 Å². The summed E-state index contributed by atoms with van der Waals surface area (Å²) < 4.78 is 1.94. The van der Waals surface area contributed by atoms with Crippen LogP contribution in [0.2, 0.25) is 0 Å². The fourth-order valence-electron chi connectivity index (χ4n) is 4.69. The van der Waals surface area contributed by atoms with Crippen molar-refractivity contribution in [2.75, 3.05) is 5.75 Å². The molecule has 3 aromatic rings. The number of hydrogen-bond donors (Lipinski definition) is 0. The maximum absolute atomic E-state index is 13.8. The van der Waals surface area contributed by atoms with Gasteiger partial charge in [0.1, 0.15) is 4.83 Å². The minimum Gasteiger partial charge on any atom is -0.283 e. The van der Waals surface area contributed by atoms with Gasteiger partial charge < -0.3 is 0 Å². The van der Waals surface area contributed by atoms with Crippen LogP contribution in [0.15, 0.2) is 40.3 Å². The Morgan fingerprint density at radius 1 is 1.16 bits per heavy atom. The number of aryl methyl sites for hydroxylation is 1. The third-order valence-electron chi connectivity index (χ3n) is 6.77. The zero-order valence-electron chi connectivity index (χ0n) is 19.9. The van der Waals surface area contributed by atoms with E-state index in [-0.39, 0.29) is 5.56 Å². The summed E-state index contributed by atoms with van der Waals surface area (Å²) in [5.41, 5.74) is 2.89. The van der Waals surface area contributed by atoms with Crippen molar-refractivity contribution < 1.29 is 0 Å². The molecule has 2 aromatic heterocycles. The highest BCUT2D eigenvalue weighted by molar-refractivity contribution is 7.99. The minimum absolute atomic E-state index is 0.154. The van der Waals surface area contributed by atoms with Gasteiger partial charge in [-0.15, -0.1) is 11.3 Å². The zero-order chi connectivity index (χ0) is 22.7. The van der Waals surface area contributed by atoms with Crippen LogP contribution in [0.1, 0.15) is 75.8 Å². The van der Waals surface area contributed by atoms with E-state index in [1.54, 1.807) is 23.1 Å². The molecule has 1 aromatic carbocycles. The lowest BCUT2D eigenvalue weighted by Gasteiger charge is -2.33. The number of nitrogens with zero attached hydrogens (tertiary/aromatic N) is 2. The molecule has 0 unspecified atom stereocenters. The van der Waals surface area contributed by atoms with Gasteiger partial charge in [-0.05, 0) is 48.1 Å². The Bertz CT molecular complexity index is 1110. The predicted octanol–water partition coefficient (Wildman–Crippen LogP) is 7.33. The minimum atomic E-state index is 0.154. The van der Waals surface area contributed by atoms with Crippen molar-refractivity contribution in [3.63, 3.8) is 0 Å². The molecule has 0 fully saturated rings. The molecule has 0 bridgehead atoms. The Kier molecular flexibility index (Phi) is 7.46. The van der Waals surface area contributed by atoms with Crippen molar-refractivity contribution >= 4 is 33.3 Å². The number of hydrogen-bond acceptors (Lipinski definition) is 4. The van der Waals surface area contributed by atoms with Crippen molar-refractivity contribution in [1.82, 2.24) is 9.55 Å². The molecule has 0 N–H and O–H groups in total. The van der Waals surface area contributed by atoms with Crippen molar-refractivity contribution in [2.45, 2.75) is 84.3 Å². The van der Waals surface area contributed by atoms with Crippen molar-refractivity contribution in [3.05, 3.63) is 56.7 Å². The van der Waals surface area contributed by atoms with Crippen LogP contribution in [0.5, 0.6) is 0 Å². The van der Waals surface area contributed by atoms with Gasteiger partial charge in [-0.1, -0.05) is 89.1 Å². The molecule has 2 heterocycles. The van der Waals surface area contributed by atoms with Gasteiger partial charge >= 0.3 is 0 Å². The van der Waals surface area contributed by atoms with Crippen LogP contribution in [0.3, 0.4) is 0 Å². The summed E-state index contributed by atoms with van der Waals surface area (Å²) in [5, 5.41) is 1.78. The van der Waals surface area contributed by atoms with Crippen molar-refractivity contribution in [3.8, 4) is 0 Å². The first-order valence-electron chi connectivity index (χ1n) is 12.1. The Labute approximate surface area is 200 Å². The van der Waals surface area contributed by atoms with Crippen LogP contribution in [0.25, 0.3) is 10.2 Å². The van der Waals surface area contributed by atoms with Crippen LogP contribution in [-0.4, -0.2) is 15.3 Å². The number of thiophene rings is 1. The van der Waals surface area contributed by atoms with Crippen LogP contribution in [0.4, 0.5) is 0 Å². The van der Waals surface area contributed by atoms with Crippen molar-refractivity contribution in [1.29, 1.82) is 0 Å². The lowest BCUT2D eigenvalue weighted by molar-refractivity contribution is 0.218. The fourth-order valence-corrected chi connectivity index (χ4v) is 7.02. The molecule has 0 aliphatic heterocycles. The van der Waals surface area contributed by atoms with Gasteiger partial charge in [-0.2, -0.15) is 0 Å². The average Bonchev–Trinajstić information content (AvgIpc) is 3.14. The standard InChI is InChI=1S/C27H36N2OS2/c1-5-6-7-11-16-31-26-28-24-23(25(30)29(26)18-19-12-9-8-10-13-19)21-15-14-20(27(2,3)4)17-22(21)32-24/h8-10,12-13,20H,5-7,11,14-18H2,1-4H3/t20-/m1/s1. The van der Waals surface area contributed by atoms with Gasteiger partial charge in [0.05, 0.1) is 11.9 Å². The summed E-state index contributed by atoms with van der Waals surface area (Å²) in [4.78, 5) is 21.3. The SMILES string of the molecule is CCCCCCSc1nc2sc3c(c2c(=O)n1Cc1ccccc1)CC[C@@H](C(C)(C)C)C3. The van der Waals surface area contributed by atoms with Gasteiger partial charge in [0.2, 0.25) is 0 Å². The van der Waals surface area contributed by atoms with E-state index in [0.717, 1.165) is 46.0 Å². The third kappa shape index (κ3) is 5.14. The van der Waals surface area contributed by atoms with E-state index < -0.39 is 0 Å². The molecule has 32 heavy (non-hydrogen) atoms. The number of fused-ring (bicyclic) bond motifs is 3. The molecule has 1 atom stereocenters. The molecule has 5 heteroatoms. The molecule has 0 saturated carbocycles. The smallest absolute Gasteiger partial charge is 0.263 e. The lowest BCUT2D eigenvalue weighted by Crippen LogP contribution is -2.27. The van der Waals surface area contributed by atoms with Crippen LogP contribution < -0.4 is 5.56 Å². The molecule has 3 nitrogen and oxygen atoms in total. The van der Waals surface area contributed by atoms with Gasteiger partial charge in [-0.3, -0.25) is 9.36 Å². The molecule has 0 radical (unpaired) electrons. The number of aromatic nitrogens is 2. The second-order valence-electron chi connectivity index (χ2n) is 10.2. The summed E-state index contributed by atoms with van der Waals surface area (Å²) in [6.07, 6.45) is 8.18. The maximum atomic E-state index is 13.8. The van der Waals surface area contributed by atoms with Crippen LogP contribution in [-0.2, 0) is 19.4 Å². The summed E-state index contributed by atoms with van der Waals surface area (Å²) >= 11 is 3.53. The summed E-state index contributed by atoms with van der Waals surface area (Å²) in [6, 6.07) is 10.3. The van der Waals surface area contributed by atoms with E-state index in [4.69, 9.17) is 4.98 Å². The second kappa shape index (κ2) is 10.1. The van der Waals surface area contributed by atoms with Gasteiger partial charge in [0.15, 0.2) is 5.16 Å². The number of rotatable bonds is 8. The second-order valence-corrected chi connectivity index (χ2v) is 12.3. The first-order valence-corrected chi connectivity index (χ1v) is 13.9. The molecule has 0 spiro atoms. The molecule has 1 aliphatic rings. The number of thioether (sulfide) groups is 1. The number of benzene rings is 1. The Morgan fingerprint density at radius 3 is 2.66 bits per heavy atom. The highest BCUT2D eigenvalue weighted by Crippen LogP contribution is 2.42. The summed E-state index contributed by atoms with van der Waals surface area (Å²) in [7, 11) is 0. The topological polar surface area (TPSA) is 34.9 Å². The Balaban J connectivity index is 1.72. The Hall–Kier alpha value is -1.59. The molecule has 172 valence electrons. The molecular weight excluding hydrogens is 432 g/mol. The molecule has 4 rings (SSSR count). The van der Waals surface area contributed by atoms with E-state index in [1.807, 2.05) is 22.8 Å². The lowest BCUT2D eigenvalue weighted by atomic mass is 9.72. The first-order chi connectivity index (χ1) is 15.4. The number of unbranched alkanes of at least 4 members (excludes halogenated alkanes) is 3. The fraction of sp³-hybridized carbons (Fsp3) is 0.556. The van der Waals surface area contributed by atoms with E-state index in [1.165, 1.54) is 36.1 Å². The van der Waals surface area contributed by atoms with Gasteiger partial charge in [0.25, 0.3) is 5.56 Å². The molecule has 1 aliphatic carbocycles. The van der Waals surface area contributed by atoms with Crippen molar-refractivity contribution in [2.24, 2.45) is 11.3 Å². The molecule has 0 amide bonds. The average molecular weight is 469 g/mol. The van der Waals surface area contributed by atoms with E-state index in [2.05, 4.69) is 39.8 Å². The quantitative estimate of drug-likeness (QED) is 0.197. The highest BCUT2D eigenvalue weighted by Gasteiger charge is 2.32. The van der Waals surface area contributed by atoms with E-state index in [9.17, 15) is 4.79 Å². The highest BCUT2D eigenvalue weighted by atomic mass is 32.2. The van der Waals surface area contributed by atoms with Crippen LogP contribution >= 0.6 is 23.1 Å². The predicted molar refractivity (Wildman–Crippen MR) is 139 cm³/mol. The summed E-state index contributed by atoms with van der Waals surface area (Å²) in [5.74, 6) is 1.69. The monoisotopic (exact) mass is 468 g/mol. The molecular formula is C27H36N2OS2. The zero-order valence-corrected chi connectivity index (χ0v) is 21.6. The van der Waals surface area contributed by atoms with Gasteiger partial charge in [0, 0.05) is 10.6 Å². The largest absolute Gasteiger partial charge is 0.283 e. The van der Waals surface area contributed by atoms with E-state index >= 15 is 0 Å². The normalized spacial score (nSPS) is 16.4. The van der Waals surface area contributed by atoms with Crippen LogP contribution in [0, 0.1) is 11.3 Å². The maximum Gasteiger partial charge on any atom is 0.263 e. The third-order valence-corrected chi connectivity index (χ3v) is 8.98. The Morgan fingerprint density at radius 2 is 1.94 bits per heavy atom. The first kappa shape index (κ1) is 23.6. The summed E-state index contributed by atoms with van der Waals surface area (Å²) in [6.45, 7) is 9.86. The van der Waals surface area contributed by atoms with E-state index in [0.29, 0.717) is 17.9 Å². The molecule has 0 saturated heterocycles.